The van der Waals surface area contributed by atoms with Gasteiger partial charge in [-0.15, -0.1) is 0 Å². The summed E-state index contributed by atoms with van der Waals surface area (Å²) in [7, 11) is 1.45. The third-order valence-electron chi connectivity index (χ3n) is 8.87. The van der Waals surface area contributed by atoms with E-state index in [4.69, 9.17) is 9.47 Å². The van der Waals surface area contributed by atoms with Crippen LogP contribution in [0.5, 0.6) is 0 Å². The standard InChI is InChI=1S/C33H35N3O6/c1-41-29-19-36(18-27(29)30(37)38)31(39)33(15-16-35(21-33)17-22-9-3-2-4-10-22)34-32(40)42-20-28-25-13-7-5-11-23(25)24-12-6-8-14-26(24)28/h2-14,27-29H,15-21H2,1H3,(H,34,40)(H,37,38). The number of carbonyl (C=O) groups is 3. The first-order chi connectivity index (χ1) is 20.4. The largest absolute Gasteiger partial charge is 0.481 e. The van der Waals surface area contributed by atoms with Crippen molar-refractivity contribution >= 4 is 18.0 Å². The third-order valence-corrected chi connectivity index (χ3v) is 8.87. The van der Waals surface area contributed by atoms with Gasteiger partial charge in [0, 0.05) is 45.8 Å². The minimum Gasteiger partial charge on any atom is -0.481 e. The van der Waals surface area contributed by atoms with Crippen molar-refractivity contribution in [3.05, 3.63) is 95.6 Å². The number of carboxylic acid groups (broad SMARTS) is 1. The van der Waals surface area contributed by atoms with Crippen LogP contribution in [0.4, 0.5) is 4.79 Å². The predicted octanol–water partition coefficient (Wildman–Crippen LogP) is 3.73. The van der Waals surface area contributed by atoms with Crippen LogP contribution in [0, 0.1) is 5.92 Å². The Balaban J connectivity index is 1.20. The Morgan fingerprint density at radius 2 is 1.57 bits per heavy atom. The van der Waals surface area contributed by atoms with Crippen molar-refractivity contribution in [2.75, 3.05) is 39.9 Å². The van der Waals surface area contributed by atoms with Crippen LogP contribution in [0.25, 0.3) is 11.1 Å². The highest BCUT2D eigenvalue weighted by Crippen LogP contribution is 2.44. The minimum absolute atomic E-state index is 0.0273. The number of benzene rings is 3. The fourth-order valence-corrected chi connectivity index (χ4v) is 6.74. The molecule has 2 saturated heterocycles. The number of nitrogens with zero attached hydrogens (tertiary/aromatic N) is 2. The number of carbonyl (C=O) groups excluding carboxylic acids is 2. The predicted molar refractivity (Wildman–Crippen MR) is 156 cm³/mol. The Morgan fingerprint density at radius 1 is 0.929 bits per heavy atom. The molecule has 0 aromatic heterocycles. The lowest BCUT2D eigenvalue weighted by molar-refractivity contribution is -0.144. The Labute approximate surface area is 245 Å². The van der Waals surface area contributed by atoms with Gasteiger partial charge in [0.25, 0.3) is 0 Å². The number of fused-ring (bicyclic) bond motifs is 3. The molecule has 3 aliphatic rings. The first kappa shape index (κ1) is 27.9. The fraction of sp³-hybridized carbons (Fsp3) is 0.364. The average molecular weight is 570 g/mol. The monoisotopic (exact) mass is 569 g/mol. The second-order valence-electron chi connectivity index (χ2n) is 11.4. The summed E-state index contributed by atoms with van der Waals surface area (Å²) < 4.78 is 11.2. The number of amides is 2. The molecule has 2 fully saturated rings. The second-order valence-corrected chi connectivity index (χ2v) is 11.4. The van der Waals surface area contributed by atoms with Crippen molar-refractivity contribution in [1.29, 1.82) is 0 Å². The summed E-state index contributed by atoms with van der Waals surface area (Å²) in [5.41, 5.74) is 4.34. The van der Waals surface area contributed by atoms with Gasteiger partial charge < -0.3 is 24.8 Å². The first-order valence-corrected chi connectivity index (χ1v) is 14.3. The van der Waals surface area contributed by atoms with Crippen LogP contribution in [-0.2, 0) is 25.6 Å². The quantitative estimate of drug-likeness (QED) is 0.426. The molecule has 3 aromatic rings. The van der Waals surface area contributed by atoms with Crippen LogP contribution in [-0.4, -0.2) is 84.4 Å². The Hall–Kier alpha value is -4.21. The number of hydrogen-bond donors (Lipinski definition) is 2. The average Bonchev–Trinajstić information content (AvgIpc) is 3.71. The summed E-state index contributed by atoms with van der Waals surface area (Å²) in [6, 6.07) is 26.2. The zero-order valence-electron chi connectivity index (χ0n) is 23.6. The van der Waals surface area contributed by atoms with Gasteiger partial charge in [-0.05, 0) is 34.2 Å². The van der Waals surface area contributed by atoms with Gasteiger partial charge in [-0.25, -0.2) is 4.79 Å². The highest BCUT2D eigenvalue weighted by atomic mass is 16.5. The lowest BCUT2D eigenvalue weighted by atomic mass is 9.96. The van der Waals surface area contributed by atoms with Crippen molar-refractivity contribution in [1.82, 2.24) is 15.1 Å². The molecule has 0 saturated carbocycles. The summed E-state index contributed by atoms with van der Waals surface area (Å²) in [6.45, 7) is 1.82. The van der Waals surface area contributed by atoms with E-state index < -0.39 is 29.6 Å². The fourth-order valence-electron chi connectivity index (χ4n) is 6.74. The molecule has 9 heteroatoms. The molecule has 2 heterocycles. The number of alkyl carbamates (subject to hydrolysis) is 1. The number of likely N-dealkylation sites (tertiary alicyclic amines) is 2. The molecule has 2 aliphatic heterocycles. The van der Waals surface area contributed by atoms with Gasteiger partial charge in [0.15, 0.2) is 0 Å². The van der Waals surface area contributed by atoms with Gasteiger partial charge >= 0.3 is 12.1 Å². The van der Waals surface area contributed by atoms with Crippen LogP contribution in [0.3, 0.4) is 0 Å². The molecule has 3 unspecified atom stereocenters. The van der Waals surface area contributed by atoms with Crippen LogP contribution < -0.4 is 5.32 Å². The number of aliphatic carboxylic acids is 1. The summed E-state index contributed by atoms with van der Waals surface area (Å²) in [5.74, 6) is -2.25. The lowest BCUT2D eigenvalue weighted by Crippen LogP contribution is -2.61. The highest BCUT2D eigenvalue weighted by Gasteiger charge is 2.51. The molecule has 1 aliphatic carbocycles. The Morgan fingerprint density at radius 3 is 2.19 bits per heavy atom. The molecule has 0 bridgehead atoms. The SMILES string of the molecule is COC1CN(C(=O)C2(NC(=O)OCC3c4ccccc4-c4ccccc43)CCN(Cc3ccccc3)C2)CC1C(=O)O. The molecule has 9 nitrogen and oxygen atoms in total. The van der Waals surface area contributed by atoms with Gasteiger partial charge in [0.05, 0.1) is 6.10 Å². The van der Waals surface area contributed by atoms with E-state index in [2.05, 4.69) is 34.5 Å². The molecule has 0 spiro atoms. The topological polar surface area (TPSA) is 108 Å². The molecule has 2 amide bonds. The number of nitrogens with one attached hydrogen (secondary N) is 1. The van der Waals surface area contributed by atoms with Gasteiger partial charge in [0.2, 0.25) is 5.91 Å². The number of rotatable bonds is 8. The smallest absolute Gasteiger partial charge is 0.408 e. The molecule has 3 aromatic carbocycles. The van der Waals surface area contributed by atoms with Crippen LogP contribution in [0.2, 0.25) is 0 Å². The third kappa shape index (κ3) is 5.26. The van der Waals surface area contributed by atoms with Gasteiger partial charge in [-0.1, -0.05) is 78.9 Å². The maximum absolute atomic E-state index is 14.1. The van der Waals surface area contributed by atoms with Crippen LogP contribution in [0.15, 0.2) is 78.9 Å². The van der Waals surface area contributed by atoms with Crippen molar-refractivity contribution in [2.45, 2.75) is 30.5 Å². The van der Waals surface area contributed by atoms with E-state index in [1.165, 1.54) is 12.0 Å². The number of hydrogen-bond acceptors (Lipinski definition) is 6. The Bertz CT molecular complexity index is 1430. The number of methoxy groups -OCH3 is 1. The Kier molecular flexibility index (Phi) is 7.70. The second kappa shape index (κ2) is 11.6. The van der Waals surface area contributed by atoms with Crippen molar-refractivity contribution in [3.63, 3.8) is 0 Å². The van der Waals surface area contributed by atoms with E-state index in [9.17, 15) is 19.5 Å². The molecule has 0 radical (unpaired) electrons. The zero-order valence-corrected chi connectivity index (χ0v) is 23.6. The van der Waals surface area contributed by atoms with E-state index in [-0.39, 0.29) is 38.1 Å². The molecular weight excluding hydrogens is 534 g/mol. The number of ether oxygens (including phenoxy) is 2. The maximum atomic E-state index is 14.1. The van der Waals surface area contributed by atoms with Crippen molar-refractivity contribution in [2.24, 2.45) is 5.92 Å². The van der Waals surface area contributed by atoms with Crippen molar-refractivity contribution in [3.8, 4) is 11.1 Å². The van der Waals surface area contributed by atoms with E-state index in [0.717, 1.165) is 27.8 Å². The highest BCUT2D eigenvalue weighted by molar-refractivity contribution is 5.91. The van der Waals surface area contributed by atoms with E-state index in [1.807, 2.05) is 54.6 Å². The van der Waals surface area contributed by atoms with Crippen LogP contribution >= 0.6 is 0 Å². The molecular formula is C33H35N3O6. The summed E-state index contributed by atoms with van der Waals surface area (Å²) in [4.78, 5) is 43.0. The molecule has 42 heavy (non-hydrogen) atoms. The van der Waals surface area contributed by atoms with E-state index >= 15 is 0 Å². The maximum Gasteiger partial charge on any atom is 0.408 e. The summed E-state index contributed by atoms with van der Waals surface area (Å²) in [6.07, 6.45) is -0.891. The van der Waals surface area contributed by atoms with Crippen molar-refractivity contribution < 1.29 is 29.0 Å². The normalized spacial score (nSPS) is 23.4. The summed E-state index contributed by atoms with van der Waals surface area (Å²) in [5, 5.41) is 12.6. The van der Waals surface area contributed by atoms with E-state index in [0.29, 0.717) is 19.5 Å². The molecule has 218 valence electrons. The zero-order chi connectivity index (χ0) is 29.3. The van der Waals surface area contributed by atoms with Gasteiger partial charge in [0.1, 0.15) is 18.1 Å². The lowest BCUT2D eigenvalue weighted by Gasteiger charge is -2.33. The van der Waals surface area contributed by atoms with Crippen LogP contribution in [0.1, 0.15) is 29.0 Å². The molecule has 3 atom stereocenters. The minimum atomic E-state index is -1.25. The summed E-state index contributed by atoms with van der Waals surface area (Å²) >= 11 is 0. The van der Waals surface area contributed by atoms with Gasteiger partial charge in [-0.3, -0.25) is 14.5 Å². The molecule has 2 N–H and O–H groups in total. The van der Waals surface area contributed by atoms with Gasteiger partial charge in [-0.2, -0.15) is 0 Å². The number of carboxylic acids is 1. The first-order valence-electron chi connectivity index (χ1n) is 14.3. The molecule has 6 rings (SSSR count). The van der Waals surface area contributed by atoms with E-state index in [1.54, 1.807) is 0 Å².